The monoisotopic (exact) mass is 246 g/mol. The van der Waals surface area contributed by atoms with E-state index in [1.165, 1.54) is 17.0 Å². The molecule has 0 aromatic heterocycles. The van der Waals surface area contributed by atoms with Gasteiger partial charge in [-0.1, -0.05) is 30.4 Å². The second-order valence-electron chi connectivity index (χ2n) is 4.98. The zero-order valence-corrected chi connectivity index (χ0v) is 10.5. The maximum atomic E-state index is 4.77. The van der Waals surface area contributed by atoms with Crippen LogP contribution in [-0.4, -0.2) is 10.6 Å². The van der Waals surface area contributed by atoms with Crippen molar-refractivity contribution in [2.75, 3.05) is 0 Å². The lowest BCUT2D eigenvalue weighted by Gasteiger charge is -2.25. The summed E-state index contributed by atoms with van der Waals surface area (Å²) in [5.41, 5.74) is 4.94. The van der Waals surface area contributed by atoms with Gasteiger partial charge in [-0.05, 0) is 29.9 Å². The van der Waals surface area contributed by atoms with E-state index in [9.17, 15) is 0 Å². The topological polar surface area (TPSA) is 15.6 Å². The molecule has 1 aromatic rings. The fourth-order valence-electron chi connectivity index (χ4n) is 2.73. The van der Waals surface area contributed by atoms with Gasteiger partial charge in [-0.2, -0.15) is 0 Å². The summed E-state index contributed by atoms with van der Waals surface area (Å²) < 4.78 is 0. The molecule has 2 nitrogen and oxygen atoms in total. The molecule has 0 N–H and O–H groups in total. The average Bonchev–Trinajstić information content (AvgIpc) is 2.90. The smallest absolute Gasteiger partial charge is 0.0665 e. The van der Waals surface area contributed by atoms with Gasteiger partial charge < -0.3 is 4.90 Å². The van der Waals surface area contributed by atoms with Crippen LogP contribution in [0.25, 0.3) is 0 Å². The molecule has 3 heterocycles. The summed E-state index contributed by atoms with van der Waals surface area (Å²) >= 11 is 0. The zero-order chi connectivity index (χ0) is 12.7. The molecule has 2 heteroatoms. The van der Waals surface area contributed by atoms with Crippen molar-refractivity contribution >= 4 is 11.4 Å². The van der Waals surface area contributed by atoms with Crippen LogP contribution in [0.15, 0.2) is 77.7 Å². The largest absolute Gasteiger partial charge is 0.324 e. The third-order valence-electron chi connectivity index (χ3n) is 3.74. The first kappa shape index (κ1) is 10.6. The molecule has 19 heavy (non-hydrogen) atoms. The van der Waals surface area contributed by atoms with Crippen molar-refractivity contribution in [1.82, 2.24) is 4.90 Å². The number of nitrogens with zero attached hydrogens (tertiary/aromatic N) is 2. The molecule has 0 aliphatic carbocycles. The number of aliphatic imine (C=N–C) groups is 1. The van der Waals surface area contributed by atoms with E-state index < -0.39 is 0 Å². The molecule has 1 aromatic carbocycles. The van der Waals surface area contributed by atoms with E-state index >= 15 is 0 Å². The van der Waals surface area contributed by atoms with Crippen LogP contribution in [0.4, 0.5) is 5.69 Å². The van der Waals surface area contributed by atoms with E-state index in [2.05, 4.69) is 65.9 Å². The van der Waals surface area contributed by atoms with E-state index in [1.54, 1.807) is 0 Å². The molecular formula is C17H14N2. The lowest BCUT2D eigenvalue weighted by Crippen LogP contribution is -2.20. The number of fused-ring (bicyclic) bond motifs is 2. The maximum Gasteiger partial charge on any atom is 0.0665 e. The normalized spacial score (nSPS) is 22.9. The molecule has 0 saturated heterocycles. The Morgan fingerprint density at radius 2 is 2.05 bits per heavy atom. The lowest BCUT2D eigenvalue weighted by molar-refractivity contribution is 0.620. The van der Waals surface area contributed by atoms with E-state index in [0.717, 1.165) is 12.1 Å². The van der Waals surface area contributed by atoms with E-state index in [4.69, 9.17) is 4.99 Å². The highest BCUT2D eigenvalue weighted by Gasteiger charge is 2.22. The number of benzene rings is 1. The Kier molecular flexibility index (Phi) is 2.27. The molecular weight excluding hydrogens is 232 g/mol. The number of para-hydroxylation sites is 1. The van der Waals surface area contributed by atoms with Crippen LogP contribution >= 0.6 is 0 Å². The fourth-order valence-corrected chi connectivity index (χ4v) is 2.73. The summed E-state index contributed by atoms with van der Waals surface area (Å²) in [5, 5.41) is 0. The van der Waals surface area contributed by atoms with Gasteiger partial charge in [0.1, 0.15) is 0 Å². The van der Waals surface area contributed by atoms with Crippen LogP contribution in [-0.2, 0) is 6.42 Å². The maximum absolute atomic E-state index is 4.77. The molecule has 4 rings (SSSR count). The highest BCUT2D eigenvalue weighted by Crippen LogP contribution is 2.31. The van der Waals surface area contributed by atoms with Crippen LogP contribution in [0.3, 0.4) is 0 Å². The number of rotatable bonds is 1. The van der Waals surface area contributed by atoms with Crippen LogP contribution in [0, 0.1) is 5.92 Å². The highest BCUT2D eigenvalue weighted by molar-refractivity contribution is 5.98. The SMILES string of the molecule is C1=CC2=CC(C3=Nc4ccccc4C3)C=CN2C=C1. The first-order valence-electron chi connectivity index (χ1n) is 6.59. The summed E-state index contributed by atoms with van der Waals surface area (Å²) in [5.74, 6) is 0.315. The summed E-state index contributed by atoms with van der Waals surface area (Å²) in [6.45, 7) is 0. The van der Waals surface area contributed by atoms with Gasteiger partial charge in [-0.3, -0.25) is 4.99 Å². The van der Waals surface area contributed by atoms with Crippen molar-refractivity contribution in [3.05, 3.63) is 78.3 Å². The van der Waals surface area contributed by atoms with Crippen molar-refractivity contribution in [1.29, 1.82) is 0 Å². The van der Waals surface area contributed by atoms with Crippen LogP contribution in [0.1, 0.15) is 5.56 Å². The molecule has 3 aliphatic heterocycles. The molecule has 0 saturated carbocycles. The Balaban J connectivity index is 1.65. The van der Waals surface area contributed by atoms with Gasteiger partial charge in [0, 0.05) is 36.1 Å². The van der Waals surface area contributed by atoms with E-state index in [0.29, 0.717) is 5.92 Å². The zero-order valence-electron chi connectivity index (χ0n) is 10.5. The van der Waals surface area contributed by atoms with Gasteiger partial charge in [0.2, 0.25) is 0 Å². The minimum absolute atomic E-state index is 0.315. The van der Waals surface area contributed by atoms with E-state index in [1.807, 2.05) is 6.08 Å². The molecule has 1 unspecified atom stereocenters. The van der Waals surface area contributed by atoms with Crippen LogP contribution in [0.2, 0.25) is 0 Å². The summed E-state index contributed by atoms with van der Waals surface area (Å²) in [6, 6.07) is 8.40. The Morgan fingerprint density at radius 3 is 3.00 bits per heavy atom. The quantitative estimate of drug-likeness (QED) is 0.737. The van der Waals surface area contributed by atoms with Crippen molar-refractivity contribution in [2.24, 2.45) is 10.9 Å². The van der Waals surface area contributed by atoms with Crippen molar-refractivity contribution in [2.45, 2.75) is 6.42 Å². The van der Waals surface area contributed by atoms with Crippen LogP contribution < -0.4 is 0 Å². The van der Waals surface area contributed by atoms with E-state index in [-0.39, 0.29) is 0 Å². The third-order valence-corrected chi connectivity index (χ3v) is 3.74. The third kappa shape index (κ3) is 1.76. The Bertz CT molecular complexity index is 674. The minimum Gasteiger partial charge on any atom is -0.324 e. The predicted molar refractivity (Wildman–Crippen MR) is 78.1 cm³/mol. The van der Waals surface area contributed by atoms with Crippen LogP contribution in [0.5, 0.6) is 0 Å². The van der Waals surface area contributed by atoms with Gasteiger partial charge >= 0.3 is 0 Å². The molecule has 0 bridgehead atoms. The van der Waals surface area contributed by atoms with Crippen molar-refractivity contribution < 1.29 is 0 Å². The average molecular weight is 246 g/mol. The van der Waals surface area contributed by atoms with Gasteiger partial charge in [0.25, 0.3) is 0 Å². The highest BCUT2D eigenvalue weighted by atomic mass is 15.1. The predicted octanol–water partition coefficient (Wildman–Crippen LogP) is 3.73. The molecule has 92 valence electrons. The summed E-state index contributed by atoms with van der Waals surface area (Å²) in [7, 11) is 0. The molecule has 0 radical (unpaired) electrons. The van der Waals surface area contributed by atoms with Gasteiger partial charge in [0.15, 0.2) is 0 Å². The second-order valence-corrected chi connectivity index (χ2v) is 4.98. The standard InChI is InChI=1S/C17H14N2/c1-2-7-16-13(5-1)12-17(18-16)14-8-10-19-9-4-3-6-15(19)11-14/h1-11,14H,12H2. The second kappa shape index (κ2) is 4.09. The lowest BCUT2D eigenvalue weighted by atomic mass is 9.95. The Morgan fingerprint density at radius 1 is 1.11 bits per heavy atom. The Hall–Kier alpha value is -2.35. The minimum atomic E-state index is 0.315. The molecule has 3 aliphatic rings. The number of hydrogen-bond donors (Lipinski definition) is 0. The summed E-state index contributed by atoms with van der Waals surface area (Å²) in [6.07, 6.45) is 15.9. The van der Waals surface area contributed by atoms with Crippen molar-refractivity contribution in [3.8, 4) is 0 Å². The molecule has 1 atom stereocenters. The van der Waals surface area contributed by atoms with Gasteiger partial charge in [-0.15, -0.1) is 0 Å². The van der Waals surface area contributed by atoms with Gasteiger partial charge in [0.05, 0.1) is 5.69 Å². The fraction of sp³-hybridized carbons (Fsp3) is 0.118. The molecule has 0 spiro atoms. The van der Waals surface area contributed by atoms with Gasteiger partial charge in [-0.25, -0.2) is 0 Å². The number of hydrogen-bond acceptors (Lipinski definition) is 2. The molecule has 0 fully saturated rings. The molecule has 0 amide bonds. The summed E-state index contributed by atoms with van der Waals surface area (Å²) in [4.78, 5) is 6.91. The first-order valence-corrected chi connectivity index (χ1v) is 6.59. The first-order chi connectivity index (χ1) is 9.40. The Labute approximate surface area is 112 Å². The van der Waals surface area contributed by atoms with Crippen molar-refractivity contribution in [3.63, 3.8) is 0 Å². The number of allylic oxidation sites excluding steroid dienone is 5.